The summed E-state index contributed by atoms with van der Waals surface area (Å²) in [5, 5.41) is 12.8. The Hall–Kier alpha value is -1.70. The van der Waals surface area contributed by atoms with E-state index in [1.165, 1.54) is 0 Å². The number of hydrogen-bond donors (Lipinski definition) is 1. The van der Waals surface area contributed by atoms with Gasteiger partial charge in [0.05, 0.1) is 12.7 Å². The first-order valence-electron chi connectivity index (χ1n) is 5.90. The number of halogens is 2. The highest BCUT2D eigenvalue weighted by molar-refractivity contribution is 9.10. The van der Waals surface area contributed by atoms with E-state index in [4.69, 9.17) is 21.6 Å². The predicted molar refractivity (Wildman–Crippen MR) is 84.2 cm³/mol. The molecule has 0 aliphatic rings. The van der Waals surface area contributed by atoms with Gasteiger partial charge in [0.2, 0.25) is 0 Å². The largest absolute Gasteiger partial charge is 0.496 e. The lowest BCUT2D eigenvalue weighted by molar-refractivity contribution is 0.410. The van der Waals surface area contributed by atoms with Crippen molar-refractivity contribution < 1.29 is 4.74 Å². The van der Waals surface area contributed by atoms with Gasteiger partial charge < -0.3 is 10.1 Å². The summed E-state index contributed by atoms with van der Waals surface area (Å²) in [4.78, 5) is 0. The Balaban J connectivity index is 2.17. The van der Waals surface area contributed by atoms with Gasteiger partial charge >= 0.3 is 0 Å². The van der Waals surface area contributed by atoms with E-state index >= 15 is 0 Å². The Morgan fingerprint density at radius 3 is 2.80 bits per heavy atom. The first kappa shape index (κ1) is 14.7. The molecule has 0 saturated carbocycles. The van der Waals surface area contributed by atoms with Crippen LogP contribution in [-0.2, 0) is 6.54 Å². The van der Waals surface area contributed by atoms with Crippen molar-refractivity contribution in [3.05, 3.63) is 57.0 Å². The standard InChI is InChI=1S/C15H12BrClN2O/c1-20-15-4-2-3-14(17)12(15)9-19-11-6-5-10(8-18)13(16)7-11/h2-7,19H,9H2,1H3. The lowest BCUT2D eigenvalue weighted by atomic mass is 10.2. The zero-order valence-electron chi connectivity index (χ0n) is 10.8. The summed E-state index contributed by atoms with van der Waals surface area (Å²) >= 11 is 9.54. The molecule has 2 aromatic rings. The molecule has 0 fully saturated rings. The van der Waals surface area contributed by atoms with Crippen LogP contribution in [0.2, 0.25) is 5.02 Å². The van der Waals surface area contributed by atoms with Crippen LogP contribution in [0.5, 0.6) is 5.75 Å². The molecule has 0 unspecified atom stereocenters. The van der Waals surface area contributed by atoms with E-state index in [2.05, 4.69) is 27.3 Å². The third-order valence-electron chi connectivity index (χ3n) is 2.85. The van der Waals surface area contributed by atoms with E-state index in [0.717, 1.165) is 21.5 Å². The van der Waals surface area contributed by atoms with Gasteiger partial charge in [-0.15, -0.1) is 0 Å². The monoisotopic (exact) mass is 350 g/mol. The fraction of sp³-hybridized carbons (Fsp3) is 0.133. The Labute approximate surface area is 131 Å². The molecule has 0 atom stereocenters. The summed E-state index contributed by atoms with van der Waals surface area (Å²) in [6.07, 6.45) is 0. The molecule has 102 valence electrons. The Bertz CT molecular complexity index is 667. The van der Waals surface area contributed by atoms with E-state index in [0.29, 0.717) is 17.1 Å². The van der Waals surface area contributed by atoms with Crippen molar-refractivity contribution >= 4 is 33.2 Å². The molecule has 20 heavy (non-hydrogen) atoms. The van der Waals surface area contributed by atoms with Gasteiger partial charge in [-0.2, -0.15) is 5.26 Å². The van der Waals surface area contributed by atoms with Crippen molar-refractivity contribution in [3.8, 4) is 11.8 Å². The molecule has 5 heteroatoms. The molecule has 0 saturated heterocycles. The summed E-state index contributed by atoms with van der Waals surface area (Å²) in [6.45, 7) is 0.543. The number of benzene rings is 2. The summed E-state index contributed by atoms with van der Waals surface area (Å²) in [6, 6.07) is 13.1. The van der Waals surface area contributed by atoms with Gasteiger partial charge in [-0.3, -0.25) is 0 Å². The maximum absolute atomic E-state index is 8.89. The van der Waals surface area contributed by atoms with Gasteiger partial charge in [0.1, 0.15) is 11.8 Å². The molecular formula is C15H12BrClN2O. The fourth-order valence-electron chi connectivity index (χ4n) is 1.81. The molecule has 0 radical (unpaired) electrons. The second kappa shape index (κ2) is 6.65. The minimum absolute atomic E-state index is 0.543. The van der Waals surface area contributed by atoms with Crippen molar-refractivity contribution in [1.82, 2.24) is 0 Å². The molecule has 0 spiro atoms. The van der Waals surface area contributed by atoms with Crippen molar-refractivity contribution in [1.29, 1.82) is 5.26 Å². The van der Waals surface area contributed by atoms with Crippen LogP contribution in [0.3, 0.4) is 0 Å². The number of rotatable bonds is 4. The quantitative estimate of drug-likeness (QED) is 0.876. The van der Waals surface area contributed by atoms with E-state index in [9.17, 15) is 0 Å². The number of anilines is 1. The van der Waals surface area contributed by atoms with Crippen LogP contribution in [-0.4, -0.2) is 7.11 Å². The highest BCUT2D eigenvalue weighted by Crippen LogP contribution is 2.28. The van der Waals surface area contributed by atoms with Crippen molar-refractivity contribution in [2.45, 2.75) is 6.54 Å². The minimum atomic E-state index is 0.543. The molecule has 0 heterocycles. The van der Waals surface area contributed by atoms with Crippen LogP contribution < -0.4 is 10.1 Å². The van der Waals surface area contributed by atoms with Crippen molar-refractivity contribution in [2.75, 3.05) is 12.4 Å². The molecule has 2 aromatic carbocycles. The average molecular weight is 352 g/mol. The second-order valence-corrected chi connectivity index (χ2v) is 5.34. The Kier molecular flexibility index (Phi) is 4.89. The lowest BCUT2D eigenvalue weighted by Crippen LogP contribution is -2.02. The van der Waals surface area contributed by atoms with Gasteiger partial charge in [-0.05, 0) is 46.3 Å². The molecule has 2 rings (SSSR count). The third-order valence-corrected chi connectivity index (χ3v) is 3.86. The van der Waals surface area contributed by atoms with E-state index in [-0.39, 0.29) is 0 Å². The SMILES string of the molecule is COc1cccc(Cl)c1CNc1ccc(C#N)c(Br)c1. The van der Waals surface area contributed by atoms with Crippen LogP contribution in [0.15, 0.2) is 40.9 Å². The molecule has 1 N–H and O–H groups in total. The molecule has 0 aromatic heterocycles. The number of methoxy groups -OCH3 is 1. The van der Waals surface area contributed by atoms with Gasteiger partial charge in [0.15, 0.2) is 0 Å². The maximum atomic E-state index is 8.89. The van der Waals surface area contributed by atoms with Crippen LogP contribution in [0.25, 0.3) is 0 Å². The average Bonchev–Trinajstić information content (AvgIpc) is 2.46. The number of nitriles is 1. The van der Waals surface area contributed by atoms with Crippen LogP contribution in [0.1, 0.15) is 11.1 Å². The first-order valence-corrected chi connectivity index (χ1v) is 7.07. The Morgan fingerprint density at radius 2 is 2.15 bits per heavy atom. The molecule has 0 aliphatic carbocycles. The van der Waals surface area contributed by atoms with E-state index < -0.39 is 0 Å². The summed E-state index contributed by atoms with van der Waals surface area (Å²) in [5.74, 6) is 0.748. The lowest BCUT2D eigenvalue weighted by Gasteiger charge is -2.12. The topological polar surface area (TPSA) is 45.0 Å². The van der Waals surface area contributed by atoms with Gasteiger partial charge in [0, 0.05) is 27.3 Å². The van der Waals surface area contributed by atoms with Gasteiger partial charge in [-0.25, -0.2) is 0 Å². The molecule has 0 amide bonds. The van der Waals surface area contributed by atoms with E-state index in [1.807, 2.05) is 30.3 Å². The maximum Gasteiger partial charge on any atom is 0.125 e. The molecule has 0 aliphatic heterocycles. The summed E-state index contributed by atoms with van der Waals surface area (Å²) in [7, 11) is 1.62. The zero-order chi connectivity index (χ0) is 14.5. The summed E-state index contributed by atoms with van der Waals surface area (Å²) in [5.41, 5.74) is 2.40. The first-order chi connectivity index (χ1) is 9.65. The van der Waals surface area contributed by atoms with Gasteiger partial charge in [0.25, 0.3) is 0 Å². The second-order valence-electron chi connectivity index (χ2n) is 4.08. The number of hydrogen-bond acceptors (Lipinski definition) is 3. The third kappa shape index (κ3) is 3.24. The minimum Gasteiger partial charge on any atom is -0.496 e. The highest BCUT2D eigenvalue weighted by atomic mass is 79.9. The fourth-order valence-corrected chi connectivity index (χ4v) is 2.51. The van der Waals surface area contributed by atoms with Crippen molar-refractivity contribution in [2.24, 2.45) is 0 Å². The van der Waals surface area contributed by atoms with E-state index in [1.54, 1.807) is 13.2 Å². The highest BCUT2D eigenvalue weighted by Gasteiger charge is 2.07. The number of ether oxygens (including phenoxy) is 1. The normalized spacial score (nSPS) is 9.90. The van der Waals surface area contributed by atoms with Crippen LogP contribution in [0.4, 0.5) is 5.69 Å². The zero-order valence-corrected chi connectivity index (χ0v) is 13.1. The molecule has 3 nitrogen and oxygen atoms in total. The van der Waals surface area contributed by atoms with Crippen LogP contribution >= 0.6 is 27.5 Å². The molecular weight excluding hydrogens is 340 g/mol. The number of nitrogens with zero attached hydrogens (tertiary/aromatic N) is 1. The Morgan fingerprint density at radius 1 is 1.35 bits per heavy atom. The van der Waals surface area contributed by atoms with Crippen LogP contribution in [0, 0.1) is 11.3 Å². The predicted octanol–water partition coefficient (Wildman–Crippen LogP) is 4.59. The number of nitrogens with one attached hydrogen (secondary N) is 1. The van der Waals surface area contributed by atoms with Crippen molar-refractivity contribution in [3.63, 3.8) is 0 Å². The summed E-state index contributed by atoms with van der Waals surface area (Å²) < 4.78 is 6.06. The molecule has 0 bridgehead atoms. The smallest absolute Gasteiger partial charge is 0.125 e. The van der Waals surface area contributed by atoms with Gasteiger partial charge in [-0.1, -0.05) is 17.7 Å².